The molecule has 0 saturated carbocycles. The van der Waals surface area contributed by atoms with Crippen molar-refractivity contribution in [1.29, 1.82) is 0 Å². The summed E-state index contributed by atoms with van der Waals surface area (Å²) in [6.45, 7) is 0.0536. The van der Waals surface area contributed by atoms with Gasteiger partial charge in [-0.15, -0.1) is 0 Å². The number of nitrogens with two attached hydrogens (primary N) is 2. The smallest absolute Gasteiger partial charge is 0.142 e. The molecule has 0 radical (unpaired) electrons. The lowest BCUT2D eigenvalue weighted by Gasteiger charge is -2.10. The normalized spacial score (nSPS) is 13.0. The highest BCUT2D eigenvalue weighted by Crippen LogP contribution is 2.22. The van der Waals surface area contributed by atoms with Gasteiger partial charge in [0.1, 0.15) is 11.6 Å². The summed E-state index contributed by atoms with van der Waals surface area (Å²) in [5.41, 5.74) is 10.7. The second-order valence-corrected chi connectivity index (χ2v) is 3.04. The lowest BCUT2D eigenvalue weighted by molar-refractivity contribution is 0.564. The van der Waals surface area contributed by atoms with Crippen molar-refractivity contribution in [3.8, 4) is 0 Å². The first-order valence-corrected chi connectivity index (χ1v) is 4.04. The van der Waals surface area contributed by atoms with E-state index in [1.807, 2.05) is 0 Å². The van der Waals surface area contributed by atoms with Crippen LogP contribution in [0.15, 0.2) is 12.1 Å². The molecule has 1 aromatic rings. The third-order valence-electron chi connectivity index (χ3n) is 1.69. The van der Waals surface area contributed by atoms with Crippen LogP contribution in [0, 0.1) is 11.6 Å². The first-order chi connectivity index (χ1) is 6.06. The average Bonchev–Trinajstić information content (AvgIpc) is 2.10. The van der Waals surface area contributed by atoms with Crippen molar-refractivity contribution >= 4 is 11.6 Å². The molecule has 0 unspecified atom stereocenters. The molecular weight excluding hydrogens is 198 g/mol. The summed E-state index contributed by atoms with van der Waals surface area (Å²) in [6, 6.07) is 1.16. The Morgan fingerprint density at radius 2 is 1.92 bits per heavy atom. The first kappa shape index (κ1) is 10.4. The van der Waals surface area contributed by atoms with Crippen molar-refractivity contribution < 1.29 is 8.78 Å². The van der Waals surface area contributed by atoms with E-state index < -0.39 is 17.7 Å². The van der Waals surface area contributed by atoms with Crippen molar-refractivity contribution in [1.82, 2.24) is 0 Å². The van der Waals surface area contributed by atoms with Gasteiger partial charge in [0.05, 0.1) is 5.02 Å². The Labute approximate surface area is 79.5 Å². The number of halogens is 3. The molecule has 0 aliphatic heterocycles. The minimum atomic E-state index is -0.702. The molecule has 13 heavy (non-hydrogen) atoms. The second kappa shape index (κ2) is 4.00. The fourth-order valence-electron chi connectivity index (χ4n) is 0.949. The zero-order valence-corrected chi connectivity index (χ0v) is 7.48. The minimum absolute atomic E-state index is 0.0457. The maximum atomic E-state index is 13.1. The van der Waals surface area contributed by atoms with Crippen molar-refractivity contribution in [3.05, 3.63) is 34.4 Å². The molecule has 0 fully saturated rings. The van der Waals surface area contributed by atoms with E-state index in [4.69, 9.17) is 23.1 Å². The van der Waals surface area contributed by atoms with Crippen LogP contribution < -0.4 is 11.5 Å². The summed E-state index contributed by atoms with van der Waals surface area (Å²) in [7, 11) is 0. The molecule has 0 aliphatic carbocycles. The van der Waals surface area contributed by atoms with Crippen LogP contribution in [0.2, 0.25) is 5.02 Å². The Morgan fingerprint density at radius 1 is 1.31 bits per heavy atom. The highest BCUT2D eigenvalue weighted by atomic mass is 35.5. The standard InChI is InChI=1S/C8H9ClF2N2/c9-5-2-6(10)4(1-7(5)11)8(13)3-12/h1-2,8H,3,12-13H2/t8-/m0/s1. The third-order valence-corrected chi connectivity index (χ3v) is 1.98. The van der Waals surface area contributed by atoms with Crippen LogP contribution in [-0.4, -0.2) is 6.54 Å². The maximum Gasteiger partial charge on any atom is 0.142 e. The SMILES string of the molecule is NC[C@H](N)c1cc(F)c(Cl)cc1F. The Kier molecular flexibility index (Phi) is 3.19. The summed E-state index contributed by atoms with van der Waals surface area (Å²) in [4.78, 5) is 0. The van der Waals surface area contributed by atoms with Gasteiger partial charge in [-0.3, -0.25) is 0 Å². The van der Waals surface area contributed by atoms with Crippen LogP contribution in [0.5, 0.6) is 0 Å². The first-order valence-electron chi connectivity index (χ1n) is 3.66. The molecule has 2 nitrogen and oxygen atoms in total. The Bertz CT molecular complexity index is 317. The van der Waals surface area contributed by atoms with Crippen molar-refractivity contribution in [2.24, 2.45) is 11.5 Å². The average molecular weight is 207 g/mol. The lowest BCUT2D eigenvalue weighted by atomic mass is 10.1. The van der Waals surface area contributed by atoms with E-state index in [0.717, 1.165) is 12.1 Å². The summed E-state index contributed by atoms with van der Waals surface area (Å²) in [6.07, 6.45) is 0. The van der Waals surface area contributed by atoms with Gasteiger partial charge in [-0.2, -0.15) is 0 Å². The Morgan fingerprint density at radius 3 is 2.46 bits per heavy atom. The van der Waals surface area contributed by atoms with Gasteiger partial charge in [0.15, 0.2) is 0 Å². The van der Waals surface area contributed by atoms with Crippen LogP contribution in [-0.2, 0) is 0 Å². The van der Waals surface area contributed by atoms with Gasteiger partial charge in [0, 0.05) is 18.2 Å². The molecule has 1 rings (SSSR count). The van der Waals surface area contributed by atoms with E-state index in [-0.39, 0.29) is 17.1 Å². The van der Waals surface area contributed by atoms with E-state index in [1.165, 1.54) is 0 Å². The van der Waals surface area contributed by atoms with Crippen molar-refractivity contribution in [2.45, 2.75) is 6.04 Å². The molecule has 0 aliphatic rings. The van der Waals surface area contributed by atoms with E-state index >= 15 is 0 Å². The van der Waals surface area contributed by atoms with Crippen LogP contribution in [0.1, 0.15) is 11.6 Å². The molecule has 0 spiro atoms. The molecule has 1 atom stereocenters. The molecule has 5 heteroatoms. The molecular formula is C8H9ClF2N2. The van der Waals surface area contributed by atoms with Gasteiger partial charge >= 0.3 is 0 Å². The molecule has 4 N–H and O–H groups in total. The van der Waals surface area contributed by atoms with Gasteiger partial charge < -0.3 is 11.5 Å². The zero-order chi connectivity index (χ0) is 10.0. The molecule has 0 amide bonds. The predicted octanol–water partition coefficient (Wildman–Crippen LogP) is 1.58. The topological polar surface area (TPSA) is 52.0 Å². The van der Waals surface area contributed by atoms with E-state index in [2.05, 4.69) is 0 Å². The van der Waals surface area contributed by atoms with Crippen LogP contribution in [0.3, 0.4) is 0 Å². The molecule has 0 aromatic heterocycles. The number of rotatable bonds is 2. The fourth-order valence-corrected chi connectivity index (χ4v) is 1.10. The number of benzene rings is 1. The second-order valence-electron chi connectivity index (χ2n) is 2.63. The summed E-state index contributed by atoms with van der Waals surface area (Å²) in [5.74, 6) is -1.33. The summed E-state index contributed by atoms with van der Waals surface area (Å²) >= 11 is 5.35. The minimum Gasteiger partial charge on any atom is -0.329 e. The highest BCUT2D eigenvalue weighted by Gasteiger charge is 2.13. The van der Waals surface area contributed by atoms with Gasteiger partial charge in [0.25, 0.3) is 0 Å². The number of hydrogen-bond donors (Lipinski definition) is 2. The van der Waals surface area contributed by atoms with Crippen LogP contribution in [0.4, 0.5) is 8.78 Å². The molecule has 72 valence electrons. The molecule has 0 bridgehead atoms. The highest BCUT2D eigenvalue weighted by molar-refractivity contribution is 6.30. The molecule has 0 saturated heterocycles. The maximum absolute atomic E-state index is 13.1. The Hall–Kier alpha value is -0.710. The van der Waals surface area contributed by atoms with Crippen molar-refractivity contribution in [3.63, 3.8) is 0 Å². The van der Waals surface area contributed by atoms with Crippen LogP contribution in [0.25, 0.3) is 0 Å². The van der Waals surface area contributed by atoms with Crippen molar-refractivity contribution in [2.75, 3.05) is 6.54 Å². The largest absolute Gasteiger partial charge is 0.329 e. The molecule has 0 heterocycles. The van der Waals surface area contributed by atoms with E-state index in [1.54, 1.807) is 0 Å². The number of hydrogen-bond acceptors (Lipinski definition) is 2. The fraction of sp³-hybridized carbons (Fsp3) is 0.250. The summed E-state index contributed by atoms with van der Waals surface area (Å²) in [5, 5.41) is -0.259. The predicted molar refractivity (Wildman–Crippen MR) is 47.4 cm³/mol. The molecule has 1 aromatic carbocycles. The van der Waals surface area contributed by atoms with Gasteiger partial charge in [-0.1, -0.05) is 11.6 Å². The van der Waals surface area contributed by atoms with Gasteiger partial charge in [-0.25, -0.2) is 8.78 Å². The quantitative estimate of drug-likeness (QED) is 0.722. The Balaban J connectivity index is 3.15. The van der Waals surface area contributed by atoms with E-state index in [9.17, 15) is 8.78 Å². The summed E-state index contributed by atoms with van der Waals surface area (Å²) < 4.78 is 25.9. The monoisotopic (exact) mass is 206 g/mol. The zero-order valence-electron chi connectivity index (χ0n) is 6.73. The van der Waals surface area contributed by atoms with Crippen LogP contribution >= 0.6 is 11.6 Å². The van der Waals surface area contributed by atoms with E-state index in [0.29, 0.717) is 0 Å². The third kappa shape index (κ3) is 2.15. The van der Waals surface area contributed by atoms with Gasteiger partial charge in [-0.05, 0) is 12.1 Å². The lowest BCUT2D eigenvalue weighted by Crippen LogP contribution is -2.22. The van der Waals surface area contributed by atoms with Gasteiger partial charge in [0.2, 0.25) is 0 Å².